The Morgan fingerprint density at radius 2 is 1.79 bits per heavy atom. The second kappa shape index (κ2) is 12.5. The van der Waals surface area contributed by atoms with E-state index in [0.717, 1.165) is 21.5 Å². The number of methoxy groups -OCH3 is 1. The molecule has 0 unspecified atom stereocenters. The summed E-state index contributed by atoms with van der Waals surface area (Å²) in [5.74, 6) is -0.342. The lowest BCUT2D eigenvalue weighted by Gasteiger charge is -2.26. The first-order chi connectivity index (χ1) is 20.6. The van der Waals surface area contributed by atoms with Crippen LogP contribution in [0.15, 0.2) is 93.9 Å². The standard InChI is InChI=1S/C31H24ClF3N2O5S/c1-3-41-29(39)25-26(20-10-12-21(32)13-11-20)37-28(38)24(43-30(37)36-27(25)31(33,34)35)16-19-9-14-22(23(15-19)40-2)42-17-18-7-5-4-6-8-18/h4-16,26H,3,17H2,1-2H3/b24-16-/t26-/m1/s1. The van der Waals surface area contributed by atoms with Crippen molar-refractivity contribution < 1.29 is 32.2 Å². The fraction of sp³-hybridized carbons (Fsp3) is 0.194. The second-order valence-corrected chi connectivity index (χ2v) is 10.7. The number of aromatic nitrogens is 1. The van der Waals surface area contributed by atoms with Gasteiger partial charge in [0.2, 0.25) is 0 Å². The van der Waals surface area contributed by atoms with Crippen LogP contribution in [0.1, 0.15) is 29.7 Å². The van der Waals surface area contributed by atoms with Crippen molar-refractivity contribution in [1.29, 1.82) is 0 Å². The van der Waals surface area contributed by atoms with Crippen LogP contribution < -0.4 is 24.4 Å². The highest BCUT2D eigenvalue weighted by Crippen LogP contribution is 2.38. The molecule has 1 aliphatic rings. The average molecular weight is 629 g/mol. The molecule has 1 aromatic heterocycles. The lowest BCUT2D eigenvalue weighted by molar-refractivity contribution is -0.140. The van der Waals surface area contributed by atoms with Crippen molar-refractivity contribution in [1.82, 2.24) is 4.57 Å². The molecule has 0 radical (unpaired) electrons. The van der Waals surface area contributed by atoms with Crippen LogP contribution >= 0.6 is 22.9 Å². The Bertz CT molecular complexity index is 1870. The molecule has 1 aliphatic heterocycles. The molecule has 0 saturated carbocycles. The van der Waals surface area contributed by atoms with Gasteiger partial charge in [0.05, 0.1) is 29.9 Å². The first-order valence-corrected chi connectivity index (χ1v) is 14.2. The highest BCUT2D eigenvalue weighted by atomic mass is 35.5. The van der Waals surface area contributed by atoms with Crippen molar-refractivity contribution in [2.45, 2.75) is 25.7 Å². The molecule has 0 amide bonds. The number of carbonyl (C=O) groups excluding carboxylic acids is 1. The van der Waals surface area contributed by atoms with Gasteiger partial charge in [-0.15, -0.1) is 0 Å². The van der Waals surface area contributed by atoms with E-state index in [0.29, 0.717) is 28.7 Å². The lowest BCUT2D eigenvalue weighted by atomic mass is 9.95. The average Bonchev–Trinajstić information content (AvgIpc) is 3.30. The molecule has 12 heteroatoms. The van der Waals surface area contributed by atoms with Crippen LogP contribution in [0, 0.1) is 0 Å². The van der Waals surface area contributed by atoms with Crippen molar-refractivity contribution in [2.75, 3.05) is 13.7 Å². The molecule has 0 N–H and O–H groups in total. The third kappa shape index (κ3) is 6.37. The molecule has 4 aromatic rings. The number of rotatable bonds is 8. The number of nitrogens with zero attached hydrogens (tertiary/aromatic N) is 2. The van der Waals surface area contributed by atoms with Gasteiger partial charge < -0.3 is 14.2 Å². The normalized spacial score (nSPS) is 15.1. The topological polar surface area (TPSA) is 79.1 Å². The zero-order valence-electron chi connectivity index (χ0n) is 22.9. The lowest BCUT2D eigenvalue weighted by Crippen LogP contribution is -2.41. The Hall–Kier alpha value is -4.35. The number of hydrogen-bond acceptors (Lipinski definition) is 7. The van der Waals surface area contributed by atoms with Crippen LogP contribution in [-0.4, -0.2) is 30.4 Å². The molecular formula is C31H24ClF3N2O5S. The number of hydrogen-bond donors (Lipinski definition) is 0. The summed E-state index contributed by atoms with van der Waals surface area (Å²) in [5, 5.41) is 0.332. The van der Waals surface area contributed by atoms with Gasteiger partial charge in [-0.3, -0.25) is 9.36 Å². The molecule has 7 nitrogen and oxygen atoms in total. The predicted octanol–water partition coefficient (Wildman–Crippen LogP) is 5.58. The zero-order valence-corrected chi connectivity index (χ0v) is 24.4. The van der Waals surface area contributed by atoms with Crippen LogP contribution in [-0.2, 0) is 16.1 Å². The van der Waals surface area contributed by atoms with Crippen LogP contribution in [0.2, 0.25) is 5.02 Å². The maximum atomic E-state index is 14.3. The number of fused-ring (bicyclic) bond motifs is 1. The first kappa shape index (κ1) is 30.1. The van der Waals surface area contributed by atoms with Gasteiger partial charge in [0.1, 0.15) is 6.61 Å². The number of allylic oxidation sites excluding steroid dienone is 1. The minimum Gasteiger partial charge on any atom is -0.493 e. The summed E-state index contributed by atoms with van der Waals surface area (Å²) >= 11 is 6.79. The van der Waals surface area contributed by atoms with Crippen molar-refractivity contribution in [3.63, 3.8) is 0 Å². The monoisotopic (exact) mass is 628 g/mol. The van der Waals surface area contributed by atoms with Crippen molar-refractivity contribution >= 4 is 35.0 Å². The minimum absolute atomic E-state index is 0.101. The first-order valence-electron chi connectivity index (χ1n) is 13.0. The van der Waals surface area contributed by atoms with Crippen molar-refractivity contribution in [2.24, 2.45) is 4.99 Å². The van der Waals surface area contributed by atoms with E-state index in [9.17, 15) is 22.8 Å². The summed E-state index contributed by atoms with van der Waals surface area (Å²) in [7, 11) is 1.48. The molecule has 222 valence electrons. The number of alkyl halides is 3. The minimum atomic E-state index is -5.00. The molecular weight excluding hydrogens is 605 g/mol. The predicted molar refractivity (Wildman–Crippen MR) is 156 cm³/mol. The van der Waals surface area contributed by atoms with E-state index in [1.807, 2.05) is 30.3 Å². The Morgan fingerprint density at radius 1 is 1.07 bits per heavy atom. The van der Waals surface area contributed by atoms with Gasteiger partial charge in [-0.2, -0.15) is 13.2 Å². The number of carbonyl (C=O) groups is 1. The Morgan fingerprint density at radius 3 is 2.44 bits per heavy atom. The molecule has 0 saturated heterocycles. The molecule has 0 spiro atoms. The Labute approximate surface area is 252 Å². The number of ether oxygens (including phenoxy) is 3. The number of benzene rings is 3. The number of esters is 1. The molecule has 43 heavy (non-hydrogen) atoms. The van der Waals surface area contributed by atoms with Gasteiger partial charge in [-0.25, -0.2) is 9.79 Å². The summed E-state index contributed by atoms with van der Waals surface area (Å²) in [4.78, 5) is 30.3. The summed E-state index contributed by atoms with van der Waals surface area (Å²) < 4.78 is 60.4. The number of thiazole rings is 1. The van der Waals surface area contributed by atoms with Gasteiger partial charge in [0.25, 0.3) is 5.56 Å². The molecule has 0 fully saturated rings. The van der Waals surface area contributed by atoms with E-state index >= 15 is 0 Å². The maximum absolute atomic E-state index is 14.3. The second-order valence-electron chi connectivity index (χ2n) is 9.30. The maximum Gasteiger partial charge on any atom is 0.434 e. The summed E-state index contributed by atoms with van der Waals surface area (Å²) in [6.45, 7) is 1.62. The molecule has 3 aromatic carbocycles. The van der Waals surface area contributed by atoms with E-state index in [-0.39, 0.29) is 21.5 Å². The summed E-state index contributed by atoms with van der Waals surface area (Å²) in [6.07, 6.45) is -3.47. The van der Waals surface area contributed by atoms with Gasteiger partial charge in [0, 0.05) is 5.02 Å². The fourth-order valence-corrected chi connectivity index (χ4v) is 5.71. The Kier molecular flexibility index (Phi) is 8.74. The van der Waals surface area contributed by atoms with Crippen molar-refractivity contribution in [3.8, 4) is 11.5 Å². The molecule has 2 heterocycles. The van der Waals surface area contributed by atoms with Crippen LogP contribution in [0.3, 0.4) is 0 Å². The van der Waals surface area contributed by atoms with Crippen molar-refractivity contribution in [3.05, 3.63) is 125 Å². The Balaban J connectivity index is 1.62. The highest BCUT2D eigenvalue weighted by molar-refractivity contribution is 7.07. The van der Waals surface area contributed by atoms with Crippen LogP contribution in [0.4, 0.5) is 13.2 Å². The largest absolute Gasteiger partial charge is 0.493 e. The third-order valence-corrected chi connectivity index (χ3v) is 7.74. The van der Waals surface area contributed by atoms with E-state index in [2.05, 4.69) is 4.99 Å². The smallest absolute Gasteiger partial charge is 0.434 e. The van der Waals surface area contributed by atoms with Gasteiger partial charge >= 0.3 is 12.1 Å². The van der Waals surface area contributed by atoms with E-state index in [1.54, 1.807) is 18.2 Å². The zero-order chi connectivity index (χ0) is 30.7. The summed E-state index contributed by atoms with van der Waals surface area (Å²) in [6, 6.07) is 19.0. The molecule has 0 bridgehead atoms. The third-order valence-electron chi connectivity index (χ3n) is 6.50. The van der Waals surface area contributed by atoms with Gasteiger partial charge in [0.15, 0.2) is 22.0 Å². The SMILES string of the molecule is CCOC(=O)C1=C(C(F)(F)F)N=c2s/c(=C\c3ccc(OCc4ccccc4)c(OC)c3)c(=O)n2[C@@H]1c1ccc(Cl)cc1. The fourth-order valence-electron chi connectivity index (χ4n) is 4.58. The van der Waals surface area contributed by atoms with Gasteiger partial charge in [-0.1, -0.05) is 71.5 Å². The molecule has 5 rings (SSSR count). The van der Waals surface area contributed by atoms with Crippen LogP contribution in [0.25, 0.3) is 6.08 Å². The molecule has 1 atom stereocenters. The van der Waals surface area contributed by atoms with E-state index in [4.69, 9.17) is 25.8 Å². The van der Waals surface area contributed by atoms with Crippen LogP contribution in [0.5, 0.6) is 11.5 Å². The van der Waals surface area contributed by atoms with E-state index < -0.39 is 35.0 Å². The highest BCUT2D eigenvalue weighted by Gasteiger charge is 2.45. The number of halogens is 4. The summed E-state index contributed by atoms with van der Waals surface area (Å²) in [5.41, 5.74) is -1.09. The van der Waals surface area contributed by atoms with E-state index in [1.165, 1.54) is 44.4 Å². The molecule has 0 aliphatic carbocycles. The van der Waals surface area contributed by atoms with Gasteiger partial charge in [-0.05, 0) is 54.0 Å². The quantitative estimate of drug-likeness (QED) is 0.238.